The zero-order valence-electron chi connectivity index (χ0n) is 12.3. The fourth-order valence-corrected chi connectivity index (χ4v) is 3.65. The summed E-state index contributed by atoms with van der Waals surface area (Å²) < 4.78 is 14.9. The number of benzene rings is 1. The highest BCUT2D eigenvalue weighted by molar-refractivity contribution is 5.33. The summed E-state index contributed by atoms with van der Waals surface area (Å²) in [4.78, 5) is 0. The monoisotopic (exact) mass is 273 g/mol. The van der Waals surface area contributed by atoms with Gasteiger partial charge in [0.1, 0.15) is 5.82 Å². The Kier molecular flexibility index (Phi) is 2.92. The second-order valence-corrected chi connectivity index (χ2v) is 6.64. The van der Waals surface area contributed by atoms with E-state index in [1.807, 2.05) is 12.3 Å². The van der Waals surface area contributed by atoms with Crippen molar-refractivity contribution in [2.24, 2.45) is 17.3 Å². The molecule has 1 aromatic heterocycles. The third kappa shape index (κ3) is 2.03. The van der Waals surface area contributed by atoms with Gasteiger partial charge in [0.2, 0.25) is 0 Å². The van der Waals surface area contributed by atoms with Gasteiger partial charge < -0.3 is 0 Å². The average Bonchev–Trinajstić information content (AvgIpc) is 2.73. The van der Waals surface area contributed by atoms with Crippen molar-refractivity contribution >= 4 is 0 Å². The van der Waals surface area contributed by atoms with Gasteiger partial charge in [0, 0.05) is 5.92 Å². The van der Waals surface area contributed by atoms with Gasteiger partial charge in [0.25, 0.3) is 0 Å². The Morgan fingerprint density at radius 3 is 2.65 bits per heavy atom. The van der Waals surface area contributed by atoms with Crippen LogP contribution in [0.5, 0.6) is 0 Å². The molecule has 1 fully saturated rings. The molecule has 2 atom stereocenters. The first-order valence-corrected chi connectivity index (χ1v) is 7.09. The standard InChI is InChI=1S/C16H20FN3/c1-10(2)14-15(16(14,3)4)13-9-20(19-18-13)12-7-5-6-11(17)8-12/h5-10,14-15H,1-4H3/t14-,15-/m1/s1. The van der Waals surface area contributed by atoms with Gasteiger partial charge in [-0.1, -0.05) is 39.0 Å². The minimum Gasteiger partial charge on any atom is -0.220 e. The van der Waals surface area contributed by atoms with E-state index >= 15 is 0 Å². The highest BCUT2D eigenvalue weighted by atomic mass is 19.1. The molecule has 0 amide bonds. The summed E-state index contributed by atoms with van der Waals surface area (Å²) >= 11 is 0. The largest absolute Gasteiger partial charge is 0.220 e. The van der Waals surface area contributed by atoms with Crippen LogP contribution in [0.15, 0.2) is 30.5 Å². The summed E-state index contributed by atoms with van der Waals surface area (Å²) in [6.07, 6.45) is 1.93. The number of aromatic nitrogens is 3. The lowest BCUT2D eigenvalue weighted by Crippen LogP contribution is -1.96. The van der Waals surface area contributed by atoms with Crippen LogP contribution >= 0.6 is 0 Å². The Labute approximate surface area is 118 Å². The molecule has 1 aromatic carbocycles. The van der Waals surface area contributed by atoms with Crippen molar-refractivity contribution in [3.8, 4) is 5.69 Å². The van der Waals surface area contributed by atoms with Gasteiger partial charge in [-0.3, -0.25) is 0 Å². The molecular weight excluding hydrogens is 253 g/mol. The smallest absolute Gasteiger partial charge is 0.125 e. The van der Waals surface area contributed by atoms with Crippen LogP contribution in [0.2, 0.25) is 0 Å². The Morgan fingerprint density at radius 2 is 2.05 bits per heavy atom. The fourth-order valence-electron chi connectivity index (χ4n) is 3.65. The molecule has 1 aliphatic carbocycles. The molecule has 0 radical (unpaired) electrons. The fraction of sp³-hybridized carbons (Fsp3) is 0.500. The highest BCUT2D eigenvalue weighted by Crippen LogP contribution is 2.66. The van der Waals surface area contributed by atoms with Crippen molar-refractivity contribution in [2.45, 2.75) is 33.6 Å². The first kappa shape index (κ1) is 13.3. The van der Waals surface area contributed by atoms with Crippen LogP contribution in [-0.2, 0) is 0 Å². The van der Waals surface area contributed by atoms with Crippen molar-refractivity contribution < 1.29 is 4.39 Å². The summed E-state index contributed by atoms with van der Waals surface area (Å²) in [6.45, 7) is 9.07. The summed E-state index contributed by atoms with van der Waals surface area (Å²) in [5.74, 6) is 1.46. The molecule has 1 aliphatic rings. The number of hydrogen-bond acceptors (Lipinski definition) is 2. The maximum absolute atomic E-state index is 13.3. The van der Waals surface area contributed by atoms with E-state index in [4.69, 9.17) is 0 Å². The van der Waals surface area contributed by atoms with E-state index in [-0.39, 0.29) is 11.2 Å². The normalized spacial score (nSPS) is 24.1. The number of halogens is 1. The van der Waals surface area contributed by atoms with Crippen molar-refractivity contribution in [1.82, 2.24) is 15.0 Å². The van der Waals surface area contributed by atoms with Gasteiger partial charge in [-0.2, -0.15) is 0 Å². The third-order valence-electron chi connectivity index (χ3n) is 4.53. The summed E-state index contributed by atoms with van der Waals surface area (Å²) in [6, 6.07) is 6.42. The van der Waals surface area contributed by atoms with E-state index in [1.165, 1.54) is 12.1 Å². The second-order valence-electron chi connectivity index (χ2n) is 6.64. The topological polar surface area (TPSA) is 30.7 Å². The molecule has 0 saturated heterocycles. The molecule has 0 spiro atoms. The molecule has 3 rings (SSSR count). The van der Waals surface area contributed by atoms with E-state index in [1.54, 1.807) is 10.7 Å². The van der Waals surface area contributed by atoms with Gasteiger partial charge in [0.15, 0.2) is 0 Å². The first-order chi connectivity index (χ1) is 9.41. The van der Waals surface area contributed by atoms with Gasteiger partial charge >= 0.3 is 0 Å². The lowest BCUT2D eigenvalue weighted by molar-refractivity contribution is 0.451. The highest BCUT2D eigenvalue weighted by Gasteiger charge is 2.60. The predicted molar refractivity (Wildman–Crippen MR) is 76.2 cm³/mol. The van der Waals surface area contributed by atoms with Crippen LogP contribution in [0.1, 0.15) is 39.3 Å². The van der Waals surface area contributed by atoms with Gasteiger partial charge in [-0.25, -0.2) is 9.07 Å². The Bertz CT molecular complexity index is 630. The summed E-state index contributed by atoms with van der Waals surface area (Å²) in [5.41, 5.74) is 2.00. The Balaban J connectivity index is 1.89. The van der Waals surface area contributed by atoms with Crippen molar-refractivity contribution in [3.05, 3.63) is 42.0 Å². The number of nitrogens with zero attached hydrogens (tertiary/aromatic N) is 3. The van der Waals surface area contributed by atoms with E-state index in [2.05, 4.69) is 38.0 Å². The first-order valence-electron chi connectivity index (χ1n) is 7.09. The summed E-state index contributed by atoms with van der Waals surface area (Å²) in [7, 11) is 0. The van der Waals surface area contributed by atoms with Crippen LogP contribution in [-0.4, -0.2) is 15.0 Å². The molecule has 0 unspecified atom stereocenters. The quantitative estimate of drug-likeness (QED) is 0.851. The molecule has 4 heteroatoms. The SMILES string of the molecule is CC(C)[C@@H]1[C@@H](c2cn(-c3cccc(F)c3)nn2)C1(C)C. The molecule has 3 nitrogen and oxygen atoms in total. The Morgan fingerprint density at radius 1 is 1.30 bits per heavy atom. The summed E-state index contributed by atoms with van der Waals surface area (Å²) in [5, 5.41) is 8.45. The number of hydrogen-bond donors (Lipinski definition) is 0. The van der Waals surface area contributed by atoms with E-state index < -0.39 is 0 Å². The van der Waals surface area contributed by atoms with Crippen LogP contribution in [0.25, 0.3) is 5.69 Å². The molecule has 2 aromatic rings. The van der Waals surface area contributed by atoms with Crippen LogP contribution in [0.4, 0.5) is 4.39 Å². The van der Waals surface area contributed by atoms with Crippen LogP contribution in [0, 0.1) is 23.1 Å². The minimum atomic E-state index is -0.258. The molecule has 1 saturated carbocycles. The Hall–Kier alpha value is -1.71. The van der Waals surface area contributed by atoms with Gasteiger partial charge in [0.05, 0.1) is 17.6 Å². The van der Waals surface area contributed by atoms with E-state index in [9.17, 15) is 4.39 Å². The van der Waals surface area contributed by atoms with Crippen molar-refractivity contribution in [3.63, 3.8) is 0 Å². The molecular formula is C16H20FN3. The molecule has 0 N–H and O–H groups in total. The average molecular weight is 273 g/mol. The lowest BCUT2D eigenvalue weighted by Gasteiger charge is -2.04. The second kappa shape index (κ2) is 4.40. The van der Waals surface area contributed by atoms with Crippen molar-refractivity contribution in [1.29, 1.82) is 0 Å². The van der Waals surface area contributed by atoms with Gasteiger partial charge in [-0.15, -0.1) is 5.10 Å². The third-order valence-corrected chi connectivity index (χ3v) is 4.53. The van der Waals surface area contributed by atoms with E-state index in [0.29, 0.717) is 23.4 Å². The van der Waals surface area contributed by atoms with E-state index in [0.717, 1.165) is 5.69 Å². The zero-order chi connectivity index (χ0) is 14.5. The minimum absolute atomic E-state index is 0.258. The predicted octanol–water partition coefficient (Wildman–Crippen LogP) is 3.80. The van der Waals surface area contributed by atoms with Crippen LogP contribution < -0.4 is 0 Å². The molecule has 0 bridgehead atoms. The molecule has 20 heavy (non-hydrogen) atoms. The van der Waals surface area contributed by atoms with Gasteiger partial charge in [-0.05, 0) is 35.4 Å². The van der Waals surface area contributed by atoms with Crippen LogP contribution in [0.3, 0.4) is 0 Å². The molecule has 106 valence electrons. The zero-order valence-corrected chi connectivity index (χ0v) is 12.3. The lowest BCUT2D eigenvalue weighted by atomic mass is 10.0. The molecule has 1 heterocycles. The van der Waals surface area contributed by atoms with Crippen molar-refractivity contribution in [2.75, 3.05) is 0 Å². The number of rotatable bonds is 3. The maximum atomic E-state index is 13.3. The molecule has 0 aliphatic heterocycles. The maximum Gasteiger partial charge on any atom is 0.125 e.